The lowest BCUT2D eigenvalue weighted by atomic mass is 10.1. The van der Waals surface area contributed by atoms with E-state index in [1.807, 2.05) is 32.0 Å². The number of fused-ring (bicyclic) bond motifs is 1. The molecule has 8 nitrogen and oxygen atoms in total. The molecular weight excluding hydrogens is 348 g/mol. The van der Waals surface area contributed by atoms with Gasteiger partial charge in [0, 0.05) is 25.2 Å². The molecule has 2 aliphatic heterocycles. The molecule has 2 amide bonds. The molecule has 1 fully saturated rings. The van der Waals surface area contributed by atoms with Crippen LogP contribution in [-0.4, -0.2) is 39.3 Å². The largest absolute Gasteiger partial charge is 0.454 e. The van der Waals surface area contributed by atoms with E-state index in [2.05, 4.69) is 10.4 Å². The van der Waals surface area contributed by atoms with Crippen molar-refractivity contribution in [2.24, 2.45) is 0 Å². The first kappa shape index (κ1) is 17.4. The maximum atomic E-state index is 12.7. The lowest BCUT2D eigenvalue weighted by Crippen LogP contribution is -2.41. The van der Waals surface area contributed by atoms with Crippen LogP contribution in [0.2, 0.25) is 0 Å². The van der Waals surface area contributed by atoms with Crippen LogP contribution < -0.4 is 14.8 Å². The van der Waals surface area contributed by atoms with Gasteiger partial charge in [-0.3, -0.25) is 14.3 Å². The number of rotatable bonds is 5. The number of ether oxygens (including phenoxy) is 2. The van der Waals surface area contributed by atoms with Crippen molar-refractivity contribution < 1.29 is 19.1 Å². The Labute approximate surface area is 157 Å². The molecule has 0 saturated carbocycles. The number of hydrogen-bond donors (Lipinski definition) is 1. The predicted molar refractivity (Wildman–Crippen MR) is 97.4 cm³/mol. The van der Waals surface area contributed by atoms with Crippen LogP contribution in [0.25, 0.3) is 0 Å². The van der Waals surface area contributed by atoms with Gasteiger partial charge in [0.05, 0.1) is 11.9 Å². The van der Waals surface area contributed by atoms with Crippen molar-refractivity contribution in [3.05, 3.63) is 36.2 Å². The van der Waals surface area contributed by atoms with Crippen molar-refractivity contribution in [2.75, 3.05) is 12.1 Å². The first-order valence-electron chi connectivity index (χ1n) is 9.04. The topological polar surface area (TPSA) is 85.7 Å². The Bertz CT molecular complexity index is 876. The molecule has 2 aliphatic rings. The van der Waals surface area contributed by atoms with Crippen LogP contribution in [-0.2, 0) is 16.1 Å². The molecule has 142 valence electrons. The van der Waals surface area contributed by atoms with Gasteiger partial charge in [-0.1, -0.05) is 6.07 Å². The highest BCUT2D eigenvalue weighted by Gasteiger charge is 2.36. The van der Waals surface area contributed by atoms with Crippen molar-refractivity contribution in [2.45, 2.75) is 45.3 Å². The fourth-order valence-electron chi connectivity index (χ4n) is 3.35. The van der Waals surface area contributed by atoms with Crippen LogP contribution >= 0.6 is 0 Å². The number of nitrogens with one attached hydrogen (secondary N) is 1. The zero-order chi connectivity index (χ0) is 19.0. The molecule has 0 aliphatic carbocycles. The summed E-state index contributed by atoms with van der Waals surface area (Å²) in [5.41, 5.74) is 1.54. The lowest BCUT2D eigenvalue weighted by Gasteiger charge is -2.24. The van der Waals surface area contributed by atoms with Crippen LogP contribution in [0.3, 0.4) is 0 Å². The third kappa shape index (κ3) is 3.47. The predicted octanol–water partition coefficient (Wildman–Crippen LogP) is 2.32. The molecule has 2 aromatic rings. The fourth-order valence-corrected chi connectivity index (χ4v) is 3.35. The highest BCUT2D eigenvalue weighted by atomic mass is 16.7. The lowest BCUT2D eigenvalue weighted by molar-refractivity contribution is -0.133. The molecule has 1 aromatic carbocycles. The van der Waals surface area contributed by atoms with E-state index in [1.54, 1.807) is 22.0 Å². The molecule has 1 N–H and O–H groups in total. The van der Waals surface area contributed by atoms with Crippen LogP contribution in [0.15, 0.2) is 30.6 Å². The Morgan fingerprint density at radius 1 is 1.33 bits per heavy atom. The zero-order valence-corrected chi connectivity index (χ0v) is 15.3. The second kappa shape index (κ2) is 6.94. The van der Waals surface area contributed by atoms with E-state index in [0.29, 0.717) is 36.6 Å². The minimum absolute atomic E-state index is 0.0225. The number of amides is 2. The second-order valence-corrected chi connectivity index (χ2v) is 7.06. The summed E-state index contributed by atoms with van der Waals surface area (Å²) >= 11 is 0. The van der Waals surface area contributed by atoms with E-state index in [-0.39, 0.29) is 24.6 Å². The number of carbonyl (C=O) groups excluding carboxylic acids is 2. The maximum Gasteiger partial charge on any atom is 0.247 e. The number of nitrogens with zero attached hydrogens (tertiary/aromatic N) is 3. The minimum atomic E-state index is -0.495. The summed E-state index contributed by atoms with van der Waals surface area (Å²) in [5, 5.41) is 7.10. The van der Waals surface area contributed by atoms with Crippen LogP contribution in [0.1, 0.15) is 38.3 Å². The average molecular weight is 370 g/mol. The van der Waals surface area contributed by atoms with E-state index in [0.717, 1.165) is 5.56 Å². The Morgan fingerprint density at radius 2 is 2.15 bits per heavy atom. The minimum Gasteiger partial charge on any atom is -0.454 e. The summed E-state index contributed by atoms with van der Waals surface area (Å²) in [6.45, 7) is 4.60. The van der Waals surface area contributed by atoms with Gasteiger partial charge in [0.1, 0.15) is 6.04 Å². The molecule has 8 heteroatoms. The first-order chi connectivity index (χ1) is 13.0. The smallest absolute Gasteiger partial charge is 0.247 e. The van der Waals surface area contributed by atoms with Gasteiger partial charge in [-0.05, 0) is 38.0 Å². The van der Waals surface area contributed by atoms with Gasteiger partial charge in [-0.2, -0.15) is 5.10 Å². The molecule has 0 spiro atoms. The SMILES string of the molecule is CC(C)n1cc(NC(=O)C2CCC(=O)N2Cc2ccc3c(c2)OCO3)cn1. The average Bonchev–Trinajstić information content (AvgIpc) is 3.35. The fraction of sp³-hybridized carbons (Fsp3) is 0.421. The van der Waals surface area contributed by atoms with E-state index in [9.17, 15) is 9.59 Å². The highest BCUT2D eigenvalue weighted by Crippen LogP contribution is 2.33. The summed E-state index contributed by atoms with van der Waals surface area (Å²) in [7, 11) is 0. The summed E-state index contributed by atoms with van der Waals surface area (Å²) in [6, 6.07) is 5.29. The van der Waals surface area contributed by atoms with Gasteiger partial charge in [0.2, 0.25) is 18.6 Å². The molecule has 0 radical (unpaired) electrons. The van der Waals surface area contributed by atoms with Gasteiger partial charge in [0.25, 0.3) is 0 Å². The molecule has 0 bridgehead atoms. The molecule has 3 heterocycles. The molecular formula is C19H22N4O4. The number of anilines is 1. The molecule has 1 atom stereocenters. The Morgan fingerprint density at radius 3 is 2.93 bits per heavy atom. The van der Waals surface area contributed by atoms with E-state index >= 15 is 0 Å². The van der Waals surface area contributed by atoms with Crippen LogP contribution in [0.4, 0.5) is 5.69 Å². The molecule has 1 saturated heterocycles. The number of likely N-dealkylation sites (tertiary alicyclic amines) is 1. The van der Waals surface area contributed by atoms with Crippen molar-refractivity contribution in [1.29, 1.82) is 0 Å². The van der Waals surface area contributed by atoms with Crippen molar-refractivity contribution in [1.82, 2.24) is 14.7 Å². The van der Waals surface area contributed by atoms with Crippen molar-refractivity contribution in [3.63, 3.8) is 0 Å². The molecule has 1 unspecified atom stereocenters. The number of carbonyl (C=O) groups is 2. The van der Waals surface area contributed by atoms with E-state index in [4.69, 9.17) is 9.47 Å². The van der Waals surface area contributed by atoms with Gasteiger partial charge in [-0.15, -0.1) is 0 Å². The van der Waals surface area contributed by atoms with E-state index in [1.165, 1.54) is 0 Å². The molecule has 27 heavy (non-hydrogen) atoms. The van der Waals surface area contributed by atoms with Gasteiger partial charge in [-0.25, -0.2) is 0 Å². The standard InChI is InChI=1S/C19H22N4O4/c1-12(2)23-10-14(8-20-23)21-19(25)15-4-6-18(24)22(15)9-13-3-5-16-17(7-13)27-11-26-16/h3,5,7-8,10,12,15H,4,6,9,11H2,1-2H3,(H,21,25). The quantitative estimate of drug-likeness (QED) is 0.873. The molecule has 4 rings (SSSR count). The normalized spacial score (nSPS) is 18.4. The third-order valence-electron chi connectivity index (χ3n) is 4.82. The maximum absolute atomic E-state index is 12.7. The first-order valence-corrected chi connectivity index (χ1v) is 9.04. The number of aromatic nitrogens is 2. The summed E-state index contributed by atoms with van der Waals surface area (Å²) in [4.78, 5) is 26.7. The summed E-state index contributed by atoms with van der Waals surface area (Å²) < 4.78 is 12.5. The van der Waals surface area contributed by atoms with Crippen LogP contribution in [0, 0.1) is 0 Å². The zero-order valence-electron chi connectivity index (χ0n) is 15.3. The Kier molecular flexibility index (Phi) is 4.47. The summed E-state index contributed by atoms with van der Waals surface area (Å²) in [5.74, 6) is 1.15. The second-order valence-electron chi connectivity index (χ2n) is 7.06. The van der Waals surface area contributed by atoms with Gasteiger partial charge < -0.3 is 19.7 Å². The Hall–Kier alpha value is -3.03. The summed E-state index contributed by atoms with van der Waals surface area (Å²) in [6.07, 6.45) is 4.29. The molecule has 1 aromatic heterocycles. The van der Waals surface area contributed by atoms with Crippen molar-refractivity contribution in [3.8, 4) is 11.5 Å². The number of hydrogen-bond acceptors (Lipinski definition) is 5. The number of benzene rings is 1. The highest BCUT2D eigenvalue weighted by molar-refractivity contribution is 5.98. The van der Waals surface area contributed by atoms with Gasteiger partial charge in [0.15, 0.2) is 11.5 Å². The van der Waals surface area contributed by atoms with Gasteiger partial charge >= 0.3 is 0 Å². The monoisotopic (exact) mass is 370 g/mol. The Balaban J connectivity index is 1.46. The van der Waals surface area contributed by atoms with E-state index < -0.39 is 6.04 Å². The third-order valence-corrected chi connectivity index (χ3v) is 4.82. The van der Waals surface area contributed by atoms with Crippen molar-refractivity contribution >= 4 is 17.5 Å². The van der Waals surface area contributed by atoms with Crippen LogP contribution in [0.5, 0.6) is 11.5 Å².